The molecule has 30 heavy (non-hydrogen) atoms. The molecule has 2 aromatic carbocycles. The minimum absolute atomic E-state index is 0.0347. The summed E-state index contributed by atoms with van der Waals surface area (Å²) >= 11 is 0. The Morgan fingerprint density at radius 2 is 1.93 bits per heavy atom. The second-order valence-electron chi connectivity index (χ2n) is 7.00. The number of H-pyrrole nitrogens is 1. The number of benzene rings is 2. The Balaban J connectivity index is 2.10. The van der Waals surface area contributed by atoms with Crippen LogP contribution in [0.5, 0.6) is 0 Å². The zero-order chi connectivity index (χ0) is 22.1. The van der Waals surface area contributed by atoms with Crippen LogP contribution in [0.2, 0.25) is 0 Å². The van der Waals surface area contributed by atoms with E-state index in [1.165, 1.54) is 41.8 Å². The first-order valence-corrected chi connectivity index (χ1v) is 10.7. The third kappa shape index (κ3) is 3.86. The Kier molecular flexibility index (Phi) is 5.80. The molecule has 0 bridgehead atoms. The molecule has 3 aromatic rings. The van der Waals surface area contributed by atoms with Gasteiger partial charge in [0.05, 0.1) is 10.6 Å². The van der Waals surface area contributed by atoms with Crippen LogP contribution in [0.1, 0.15) is 21.5 Å². The van der Waals surface area contributed by atoms with E-state index in [-0.39, 0.29) is 22.4 Å². The van der Waals surface area contributed by atoms with Crippen molar-refractivity contribution in [3.8, 4) is 0 Å². The fourth-order valence-corrected chi connectivity index (χ4v) is 4.41. The molecule has 156 valence electrons. The first-order chi connectivity index (χ1) is 14.2. The molecule has 3 rings (SSSR count). The Labute approximate surface area is 175 Å². The molecule has 8 heteroatoms. The highest BCUT2D eigenvalue weighted by Crippen LogP contribution is 2.27. The number of sulfonamides is 1. The number of nitrogens with zero attached hydrogens (tertiary/aromatic N) is 1. The van der Waals surface area contributed by atoms with Gasteiger partial charge in [0.15, 0.2) is 0 Å². The third-order valence-corrected chi connectivity index (χ3v) is 6.63. The average molecular weight is 426 g/mol. The summed E-state index contributed by atoms with van der Waals surface area (Å²) in [7, 11) is -2.44. The SMILES string of the molecule is C=CCNC(=O)c1c[nH]c2ccc(S(=O)(=O)N(C)c3cc(C)ccc3C)cc2c1=O. The predicted molar refractivity (Wildman–Crippen MR) is 119 cm³/mol. The number of carbonyl (C=O) groups is 1. The summed E-state index contributed by atoms with van der Waals surface area (Å²) in [5, 5.41) is 2.67. The summed E-state index contributed by atoms with van der Waals surface area (Å²) in [5.74, 6) is -0.557. The average Bonchev–Trinajstić information content (AvgIpc) is 2.73. The highest BCUT2D eigenvalue weighted by atomic mass is 32.2. The van der Waals surface area contributed by atoms with E-state index in [4.69, 9.17) is 0 Å². The van der Waals surface area contributed by atoms with Crippen molar-refractivity contribution >= 4 is 32.5 Å². The Bertz CT molecular complexity index is 1310. The predicted octanol–water partition coefficient (Wildman–Crippen LogP) is 2.89. The summed E-state index contributed by atoms with van der Waals surface area (Å²) < 4.78 is 27.7. The molecule has 7 nitrogen and oxygen atoms in total. The van der Waals surface area contributed by atoms with Crippen molar-refractivity contribution in [3.63, 3.8) is 0 Å². The Hall–Kier alpha value is -3.39. The molecular formula is C22H23N3O4S. The van der Waals surface area contributed by atoms with Gasteiger partial charge in [0.1, 0.15) is 5.56 Å². The minimum atomic E-state index is -3.92. The van der Waals surface area contributed by atoms with Gasteiger partial charge < -0.3 is 10.3 Å². The van der Waals surface area contributed by atoms with Crippen LogP contribution < -0.4 is 15.1 Å². The summed E-state index contributed by atoms with van der Waals surface area (Å²) in [6.45, 7) is 7.45. The van der Waals surface area contributed by atoms with Crippen LogP contribution in [0.25, 0.3) is 10.9 Å². The lowest BCUT2D eigenvalue weighted by atomic mass is 10.1. The van der Waals surface area contributed by atoms with Crippen molar-refractivity contribution in [2.45, 2.75) is 18.7 Å². The molecule has 1 heterocycles. The maximum absolute atomic E-state index is 13.2. The van der Waals surface area contributed by atoms with Gasteiger partial charge in [-0.05, 0) is 49.2 Å². The molecule has 0 saturated carbocycles. The highest BCUT2D eigenvalue weighted by Gasteiger charge is 2.24. The van der Waals surface area contributed by atoms with Gasteiger partial charge in [-0.1, -0.05) is 18.2 Å². The maximum atomic E-state index is 13.2. The Morgan fingerprint density at radius 3 is 2.63 bits per heavy atom. The number of hydrogen-bond donors (Lipinski definition) is 2. The van der Waals surface area contributed by atoms with Crippen LogP contribution in [0.15, 0.2) is 64.9 Å². The smallest absolute Gasteiger partial charge is 0.264 e. The molecular weight excluding hydrogens is 402 g/mol. The van der Waals surface area contributed by atoms with Crippen molar-refractivity contribution < 1.29 is 13.2 Å². The number of aromatic amines is 1. The van der Waals surface area contributed by atoms with Crippen molar-refractivity contribution in [2.75, 3.05) is 17.9 Å². The number of carbonyl (C=O) groups excluding carboxylic acids is 1. The Morgan fingerprint density at radius 1 is 1.20 bits per heavy atom. The number of hydrogen-bond acceptors (Lipinski definition) is 4. The van der Waals surface area contributed by atoms with Gasteiger partial charge in [-0.3, -0.25) is 13.9 Å². The van der Waals surface area contributed by atoms with Crippen molar-refractivity contribution in [1.29, 1.82) is 0 Å². The molecule has 0 fully saturated rings. The molecule has 0 unspecified atom stereocenters. The second kappa shape index (κ2) is 8.16. The molecule has 0 aliphatic heterocycles. The number of amides is 1. The molecule has 0 aliphatic rings. The summed E-state index contributed by atoms with van der Waals surface area (Å²) in [6, 6.07) is 9.82. The van der Waals surface area contributed by atoms with Crippen LogP contribution in [-0.4, -0.2) is 32.9 Å². The lowest BCUT2D eigenvalue weighted by Crippen LogP contribution is -2.29. The lowest BCUT2D eigenvalue weighted by Gasteiger charge is -2.22. The number of aromatic nitrogens is 1. The third-order valence-electron chi connectivity index (χ3n) is 4.87. The quantitative estimate of drug-likeness (QED) is 0.593. The van der Waals surface area contributed by atoms with Crippen LogP contribution in [0.3, 0.4) is 0 Å². The van der Waals surface area contributed by atoms with Gasteiger partial charge in [-0.2, -0.15) is 0 Å². The number of fused-ring (bicyclic) bond motifs is 1. The molecule has 0 aliphatic carbocycles. The zero-order valence-corrected chi connectivity index (χ0v) is 17.8. The van der Waals surface area contributed by atoms with Crippen LogP contribution in [-0.2, 0) is 10.0 Å². The normalized spacial score (nSPS) is 11.3. The van der Waals surface area contributed by atoms with Crippen LogP contribution in [0, 0.1) is 13.8 Å². The molecule has 1 amide bonds. The summed E-state index contributed by atoms with van der Waals surface area (Å²) in [4.78, 5) is 27.9. The van der Waals surface area contributed by atoms with Crippen molar-refractivity contribution in [2.24, 2.45) is 0 Å². The number of aryl methyl sites for hydroxylation is 2. The zero-order valence-electron chi connectivity index (χ0n) is 17.0. The molecule has 1 aromatic heterocycles. The molecule has 2 N–H and O–H groups in total. The van der Waals surface area contributed by atoms with Gasteiger partial charge in [-0.15, -0.1) is 6.58 Å². The van der Waals surface area contributed by atoms with E-state index < -0.39 is 21.4 Å². The van der Waals surface area contributed by atoms with Crippen LogP contribution >= 0.6 is 0 Å². The number of anilines is 1. The summed E-state index contributed by atoms with van der Waals surface area (Å²) in [5.41, 5.74) is 2.10. The van der Waals surface area contributed by atoms with Crippen molar-refractivity contribution in [1.82, 2.24) is 10.3 Å². The van der Waals surface area contributed by atoms with Gasteiger partial charge in [0.2, 0.25) is 5.43 Å². The van der Waals surface area contributed by atoms with E-state index in [1.807, 2.05) is 26.0 Å². The van der Waals surface area contributed by atoms with E-state index in [0.29, 0.717) is 11.2 Å². The highest BCUT2D eigenvalue weighted by molar-refractivity contribution is 7.92. The number of nitrogens with one attached hydrogen (secondary N) is 2. The second-order valence-corrected chi connectivity index (χ2v) is 8.97. The van der Waals surface area contributed by atoms with E-state index in [2.05, 4.69) is 16.9 Å². The lowest BCUT2D eigenvalue weighted by molar-refractivity contribution is 0.0957. The van der Waals surface area contributed by atoms with Crippen molar-refractivity contribution in [3.05, 3.63) is 82.2 Å². The van der Waals surface area contributed by atoms with Gasteiger partial charge in [0.25, 0.3) is 15.9 Å². The van der Waals surface area contributed by atoms with Gasteiger partial charge in [-0.25, -0.2) is 8.42 Å². The topological polar surface area (TPSA) is 99.3 Å². The van der Waals surface area contributed by atoms with E-state index >= 15 is 0 Å². The minimum Gasteiger partial charge on any atom is -0.360 e. The van der Waals surface area contributed by atoms with Gasteiger partial charge >= 0.3 is 0 Å². The van der Waals surface area contributed by atoms with E-state index in [9.17, 15) is 18.0 Å². The number of rotatable bonds is 6. The summed E-state index contributed by atoms with van der Waals surface area (Å²) in [6.07, 6.45) is 2.82. The standard InChI is InChI=1S/C22H23N3O4S/c1-5-10-23-22(27)18-13-24-19-9-8-16(12-17(19)21(18)26)30(28,29)25(4)20-11-14(2)6-7-15(20)3/h5-9,11-13H,1,10H2,2-4H3,(H,23,27)(H,24,26). The molecule has 0 radical (unpaired) electrons. The fourth-order valence-electron chi connectivity index (χ4n) is 3.13. The first-order valence-electron chi connectivity index (χ1n) is 9.27. The maximum Gasteiger partial charge on any atom is 0.264 e. The van der Waals surface area contributed by atoms with Gasteiger partial charge in [0, 0.05) is 30.7 Å². The van der Waals surface area contributed by atoms with E-state index in [0.717, 1.165) is 11.1 Å². The van der Waals surface area contributed by atoms with Crippen LogP contribution in [0.4, 0.5) is 5.69 Å². The number of pyridine rings is 1. The molecule has 0 atom stereocenters. The molecule has 0 spiro atoms. The first kappa shape index (κ1) is 21.3. The molecule has 0 saturated heterocycles. The van der Waals surface area contributed by atoms with E-state index in [1.54, 1.807) is 6.07 Å². The fraction of sp³-hybridized carbons (Fsp3) is 0.182. The monoisotopic (exact) mass is 425 g/mol. The largest absolute Gasteiger partial charge is 0.360 e.